The van der Waals surface area contributed by atoms with Gasteiger partial charge in [-0.2, -0.15) is 10.2 Å². The first-order valence-corrected chi connectivity index (χ1v) is 8.60. The van der Waals surface area contributed by atoms with Crippen LogP contribution < -0.4 is 0 Å². The molecule has 0 saturated heterocycles. The molecule has 5 heterocycles. The molecule has 0 fully saturated rings. The van der Waals surface area contributed by atoms with Gasteiger partial charge in [-0.1, -0.05) is 6.07 Å². The van der Waals surface area contributed by atoms with Crippen LogP contribution in [-0.4, -0.2) is 34.2 Å². The predicted molar refractivity (Wildman–Crippen MR) is 98.2 cm³/mol. The second kappa shape index (κ2) is 5.59. The average Bonchev–Trinajstić information content (AvgIpc) is 3.28. The molecule has 0 bridgehead atoms. The Morgan fingerprint density at radius 1 is 0.885 bits per heavy atom. The van der Waals surface area contributed by atoms with Gasteiger partial charge in [0.05, 0.1) is 5.52 Å². The molecule has 5 aromatic rings. The summed E-state index contributed by atoms with van der Waals surface area (Å²) in [6.45, 7) is 4.09. The van der Waals surface area contributed by atoms with E-state index in [1.807, 2.05) is 40.4 Å². The fourth-order valence-corrected chi connectivity index (χ4v) is 3.22. The average molecular weight is 343 g/mol. The molecule has 0 aromatic carbocycles. The third-order valence-corrected chi connectivity index (χ3v) is 4.61. The van der Waals surface area contributed by atoms with E-state index >= 15 is 0 Å². The zero-order valence-corrected chi connectivity index (χ0v) is 14.6. The molecule has 7 heteroatoms. The maximum Gasteiger partial charge on any atom is 0.164 e. The van der Waals surface area contributed by atoms with Crippen molar-refractivity contribution in [3.63, 3.8) is 0 Å². The number of rotatable bonds is 3. The maximum absolute atomic E-state index is 4.69. The van der Waals surface area contributed by atoms with Crippen LogP contribution in [0.25, 0.3) is 22.2 Å². The predicted octanol–water partition coefficient (Wildman–Crippen LogP) is 2.72. The third-order valence-electron chi connectivity index (χ3n) is 4.61. The first-order chi connectivity index (χ1) is 12.7. The molecule has 5 aromatic heterocycles. The largest absolute Gasteiger partial charge is 0.256 e. The van der Waals surface area contributed by atoms with E-state index in [1.165, 1.54) is 0 Å². The van der Waals surface area contributed by atoms with E-state index in [2.05, 4.69) is 39.2 Å². The second-order valence-electron chi connectivity index (χ2n) is 6.47. The van der Waals surface area contributed by atoms with Crippen LogP contribution in [0.4, 0.5) is 0 Å². The van der Waals surface area contributed by atoms with E-state index in [0.717, 1.165) is 45.1 Å². The number of aryl methyl sites for hydroxylation is 4. The lowest BCUT2D eigenvalue weighted by molar-refractivity contribution is 0.783. The molecule has 0 N–H and O–H groups in total. The van der Waals surface area contributed by atoms with Gasteiger partial charge in [-0.25, -0.2) is 19.0 Å². The van der Waals surface area contributed by atoms with Crippen LogP contribution in [0.5, 0.6) is 0 Å². The number of hydrogen-bond acceptors (Lipinski definition) is 5. The first-order valence-electron chi connectivity index (χ1n) is 8.60. The van der Waals surface area contributed by atoms with E-state index < -0.39 is 0 Å². The Hall–Kier alpha value is -3.35. The summed E-state index contributed by atoms with van der Waals surface area (Å²) in [6.07, 6.45) is 5.08. The van der Waals surface area contributed by atoms with Crippen LogP contribution in [0.15, 0.2) is 42.7 Å². The quantitative estimate of drug-likeness (QED) is 0.504. The summed E-state index contributed by atoms with van der Waals surface area (Å²) in [6, 6.07) is 10.0. The van der Waals surface area contributed by atoms with Gasteiger partial charge in [0.1, 0.15) is 0 Å². The number of pyridine rings is 3. The van der Waals surface area contributed by atoms with Gasteiger partial charge in [-0.3, -0.25) is 4.98 Å². The van der Waals surface area contributed by atoms with E-state index in [1.54, 1.807) is 6.20 Å². The van der Waals surface area contributed by atoms with E-state index in [-0.39, 0.29) is 0 Å². The molecule has 0 aliphatic carbocycles. The number of fused-ring (bicyclic) bond motifs is 4. The summed E-state index contributed by atoms with van der Waals surface area (Å²) in [5, 5.41) is 10.2. The Bertz CT molecular complexity index is 1230. The molecule has 5 rings (SSSR count). The lowest BCUT2D eigenvalue weighted by atomic mass is 10.2. The fraction of sp³-hybridized carbons (Fsp3) is 0.211. The summed E-state index contributed by atoms with van der Waals surface area (Å²) < 4.78 is 3.71. The fourth-order valence-electron chi connectivity index (χ4n) is 3.22. The van der Waals surface area contributed by atoms with Crippen molar-refractivity contribution in [3.05, 3.63) is 65.6 Å². The van der Waals surface area contributed by atoms with Crippen LogP contribution in [-0.2, 0) is 12.8 Å². The van der Waals surface area contributed by atoms with Gasteiger partial charge in [0.2, 0.25) is 0 Å². The molecule has 128 valence electrons. The van der Waals surface area contributed by atoms with Crippen molar-refractivity contribution in [2.75, 3.05) is 0 Å². The highest BCUT2D eigenvalue weighted by molar-refractivity contribution is 5.90. The van der Waals surface area contributed by atoms with E-state index in [0.29, 0.717) is 12.8 Å². The van der Waals surface area contributed by atoms with Crippen LogP contribution >= 0.6 is 0 Å². The van der Waals surface area contributed by atoms with Gasteiger partial charge < -0.3 is 0 Å². The normalized spacial score (nSPS) is 11.8. The Morgan fingerprint density at radius 2 is 1.69 bits per heavy atom. The van der Waals surface area contributed by atoms with Gasteiger partial charge in [0.15, 0.2) is 22.9 Å². The summed E-state index contributed by atoms with van der Waals surface area (Å²) >= 11 is 0. The third kappa shape index (κ3) is 2.32. The number of aromatic nitrogens is 7. The van der Waals surface area contributed by atoms with Crippen molar-refractivity contribution in [1.29, 1.82) is 0 Å². The molecular weight excluding hydrogens is 326 g/mol. The highest BCUT2D eigenvalue weighted by Crippen LogP contribution is 2.17. The number of nitrogens with zero attached hydrogens (tertiary/aromatic N) is 7. The summed E-state index contributed by atoms with van der Waals surface area (Å²) in [7, 11) is 0. The topological polar surface area (TPSA) is 73.3 Å². The maximum atomic E-state index is 4.69. The van der Waals surface area contributed by atoms with Crippen molar-refractivity contribution < 1.29 is 0 Å². The Labute approximate surface area is 149 Å². The molecule has 0 atom stereocenters. The van der Waals surface area contributed by atoms with Crippen molar-refractivity contribution in [3.8, 4) is 0 Å². The lowest BCUT2D eigenvalue weighted by Crippen LogP contribution is -1.98. The van der Waals surface area contributed by atoms with Gasteiger partial charge in [0.25, 0.3) is 0 Å². The monoisotopic (exact) mass is 343 g/mol. The van der Waals surface area contributed by atoms with E-state index in [4.69, 9.17) is 4.98 Å². The van der Waals surface area contributed by atoms with Gasteiger partial charge >= 0.3 is 0 Å². The Balaban J connectivity index is 1.47. The summed E-state index contributed by atoms with van der Waals surface area (Å²) in [5.74, 6) is 1.60. The first kappa shape index (κ1) is 14.9. The molecule has 0 amide bonds. The van der Waals surface area contributed by atoms with E-state index in [9.17, 15) is 0 Å². The molecular formula is C19H17N7. The van der Waals surface area contributed by atoms with Crippen LogP contribution in [0.2, 0.25) is 0 Å². The van der Waals surface area contributed by atoms with Gasteiger partial charge in [0, 0.05) is 36.3 Å². The molecule has 0 aliphatic heterocycles. The van der Waals surface area contributed by atoms with Crippen molar-refractivity contribution >= 4 is 22.2 Å². The summed E-state index contributed by atoms with van der Waals surface area (Å²) in [4.78, 5) is 13.7. The molecule has 0 saturated carbocycles. The van der Waals surface area contributed by atoms with Crippen molar-refractivity contribution in [1.82, 2.24) is 34.2 Å². The van der Waals surface area contributed by atoms with Gasteiger partial charge in [-0.15, -0.1) is 0 Å². The standard InChI is InChI=1S/C19H17N7/c1-12-5-6-13(2)26-18(12)21-17(24-26)8-7-16-22-19-14-4-3-10-20-15(14)9-11-25(19)23-16/h3-6,9-11H,7-8H2,1-2H3. The van der Waals surface area contributed by atoms with Crippen LogP contribution in [0.1, 0.15) is 22.9 Å². The second-order valence-corrected chi connectivity index (χ2v) is 6.47. The van der Waals surface area contributed by atoms with Gasteiger partial charge in [-0.05, 0) is 43.7 Å². The molecule has 26 heavy (non-hydrogen) atoms. The SMILES string of the molecule is Cc1ccc(C)n2nc(CCc3nc4c5cccnc5ccn4n3)nc12. The van der Waals surface area contributed by atoms with Crippen LogP contribution in [0, 0.1) is 13.8 Å². The minimum absolute atomic E-state index is 0.693. The minimum Gasteiger partial charge on any atom is -0.256 e. The minimum atomic E-state index is 0.693. The van der Waals surface area contributed by atoms with Crippen LogP contribution in [0.3, 0.4) is 0 Å². The van der Waals surface area contributed by atoms with Crippen molar-refractivity contribution in [2.24, 2.45) is 0 Å². The molecule has 0 spiro atoms. The summed E-state index contributed by atoms with van der Waals surface area (Å²) in [5.41, 5.74) is 4.88. The molecule has 0 aliphatic rings. The molecule has 7 nitrogen and oxygen atoms in total. The highest BCUT2D eigenvalue weighted by atomic mass is 15.3. The molecule has 0 unspecified atom stereocenters. The zero-order chi connectivity index (χ0) is 17.7. The Kier molecular flexibility index (Phi) is 3.21. The lowest BCUT2D eigenvalue weighted by Gasteiger charge is -1.98. The molecule has 0 radical (unpaired) electrons. The Morgan fingerprint density at radius 3 is 2.54 bits per heavy atom. The smallest absolute Gasteiger partial charge is 0.164 e. The van der Waals surface area contributed by atoms with Crippen molar-refractivity contribution in [2.45, 2.75) is 26.7 Å². The number of hydrogen-bond donors (Lipinski definition) is 0. The highest BCUT2D eigenvalue weighted by Gasteiger charge is 2.11. The zero-order valence-electron chi connectivity index (χ0n) is 14.6.